The summed E-state index contributed by atoms with van der Waals surface area (Å²) in [6, 6.07) is 12.4. The summed E-state index contributed by atoms with van der Waals surface area (Å²) in [5.74, 6) is 1.34. The van der Waals surface area contributed by atoms with E-state index in [9.17, 15) is 4.39 Å². The molecule has 166 valence electrons. The highest BCUT2D eigenvalue weighted by Crippen LogP contribution is 2.27. The lowest BCUT2D eigenvalue weighted by Gasteiger charge is -2.10. The van der Waals surface area contributed by atoms with Crippen molar-refractivity contribution in [1.29, 1.82) is 0 Å². The van der Waals surface area contributed by atoms with Gasteiger partial charge < -0.3 is 9.30 Å². The maximum absolute atomic E-state index is 13.7. The number of nitrogens with zero attached hydrogens (tertiary/aromatic N) is 6. The fourth-order valence-corrected chi connectivity index (χ4v) is 3.93. The maximum Gasteiger partial charge on any atom is 0.253 e. The molecule has 0 N–H and O–H groups in total. The number of hydrogen-bond donors (Lipinski definition) is 0. The largest absolute Gasteiger partial charge is 0.495 e. The highest BCUT2D eigenvalue weighted by atomic mass is 35.5. The summed E-state index contributed by atoms with van der Waals surface area (Å²) in [5, 5.41) is 4.72. The molecule has 0 spiro atoms. The van der Waals surface area contributed by atoms with Crippen molar-refractivity contribution in [3.63, 3.8) is 0 Å². The smallest absolute Gasteiger partial charge is 0.253 e. The van der Waals surface area contributed by atoms with Gasteiger partial charge in [0, 0.05) is 23.9 Å². The van der Waals surface area contributed by atoms with Crippen molar-refractivity contribution in [2.75, 3.05) is 7.11 Å². The molecule has 0 unspecified atom stereocenters. The summed E-state index contributed by atoms with van der Waals surface area (Å²) in [6.07, 6.45) is 4.19. The second kappa shape index (κ2) is 8.29. The Morgan fingerprint density at radius 3 is 2.61 bits per heavy atom. The first kappa shape index (κ1) is 21.1. The standard InChI is InChI=1S/C24H20ClFN6O/c1-14-8-21(17-5-6-19(26)18(25)11-17)32-24(28-14)29-23(30-32)10-16-4-7-20(22(9-16)33-3)31-12-15(2)27-13-31/h4-9,11-13H,10H2,1-3H3. The van der Waals surface area contributed by atoms with Gasteiger partial charge in [0.2, 0.25) is 0 Å². The molecule has 0 bridgehead atoms. The van der Waals surface area contributed by atoms with Crippen LogP contribution in [0.15, 0.2) is 55.0 Å². The number of fused-ring (bicyclic) bond motifs is 1. The summed E-state index contributed by atoms with van der Waals surface area (Å²) >= 11 is 6.00. The van der Waals surface area contributed by atoms with E-state index in [4.69, 9.17) is 16.3 Å². The highest BCUT2D eigenvalue weighted by molar-refractivity contribution is 6.31. The van der Waals surface area contributed by atoms with Crippen LogP contribution in [-0.2, 0) is 6.42 Å². The maximum atomic E-state index is 13.7. The van der Waals surface area contributed by atoms with Crippen molar-refractivity contribution in [2.24, 2.45) is 0 Å². The van der Waals surface area contributed by atoms with Crippen molar-refractivity contribution in [3.05, 3.63) is 88.6 Å². The van der Waals surface area contributed by atoms with Crippen LogP contribution < -0.4 is 4.74 Å². The van der Waals surface area contributed by atoms with Gasteiger partial charge in [-0.1, -0.05) is 17.7 Å². The number of hydrogen-bond acceptors (Lipinski definition) is 5. The number of rotatable bonds is 5. The zero-order valence-corrected chi connectivity index (χ0v) is 19.0. The number of benzene rings is 2. The van der Waals surface area contributed by atoms with E-state index in [-0.39, 0.29) is 5.02 Å². The minimum absolute atomic E-state index is 0.0516. The lowest BCUT2D eigenvalue weighted by atomic mass is 10.1. The molecule has 5 rings (SSSR count). The fourth-order valence-electron chi connectivity index (χ4n) is 3.75. The van der Waals surface area contributed by atoms with Gasteiger partial charge in [0.15, 0.2) is 5.82 Å². The Morgan fingerprint density at radius 1 is 1.03 bits per heavy atom. The van der Waals surface area contributed by atoms with Gasteiger partial charge in [-0.15, -0.1) is 5.10 Å². The third kappa shape index (κ3) is 4.05. The van der Waals surface area contributed by atoms with Gasteiger partial charge >= 0.3 is 0 Å². The minimum atomic E-state index is -0.468. The van der Waals surface area contributed by atoms with E-state index >= 15 is 0 Å². The van der Waals surface area contributed by atoms with Crippen LogP contribution in [0.1, 0.15) is 22.8 Å². The lowest BCUT2D eigenvalue weighted by Crippen LogP contribution is -2.00. The first-order valence-electron chi connectivity index (χ1n) is 10.3. The topological polar surface area (TPSA) is 70.1 Å². The predicted octanol–water partition coefficient (Wildman–Crippen LogP) is 4.99. The molecule has 33 heavy (non-hydrogen) atoms. The summed E-state index contributed by atoms with van der Waals surface area (Å²) in [4.78, 5) is 13.4. The molecule has 3 heterocycles. The fraction of sp³-hybridized carbons (Fsp3) is 0.167. The zero-order chi connectivity index (χ0) is 23.1. The Bertz CT molecular complexity index is 1490. The second-order valence-corrected chi connectivity index (χ2v) is 8.16. The Labute approximate surface area is 194 Å². The van der Waals surface area contributed by atoms with Crippen molar-refractivity contribution in [1.82, 2.24) is 29.1 Å². The molecule has 0 atom stereocenters. The van der Waals surface area contributed by atoms with E-state index in [0.29, 0.717) is 18.0 Å². The minimum Gasteiger partial charge on any atom is -0.495 e. The van der Waals surface area contributed by atoms with E-state index in [1.165, 1.54) is 6.07 Å². The third-order valence-electron chi connectivity index (χ3n) is 5.30. The number of aromatic nitrogens is 6. The quantitative estimate of drug-likeness (QED) is 0.368. The van der Waals surface area contributed by atoms with Crippen molar-refractivity contribution >= 4 is 17.4 Å². The number of halogens is 2. The Morgan fingerprint density at radius 2 is 1.88 bits per heavy atom. The Balaban J connectivity index is 1.52. The van der Waals surface area contributed by atoms with Crippen LogP contribution in [0.5, 0.6) is 5.75 Å². The van der Waals surface area contributed by atoms with Crippen LogP contribution in [0.3, 0.4) is 0 Å². The van der Waals surface area contributed by atoms with Gasteiger partial charge in [-0.05, 0) is 55.8 Å². The molecule has 3 aromatic heterocycles. The van der Waals surface area contributed by atoms with Gasteiger partial charge in [-0.3, -0.25) is 0 Å². The Hall–Kier alpha value is -3.78. The van der Waals surface area contributed by atoms with E-state index in [0.717, 1.165) is 39.6 Å². The molecule has 5 aromatic rings. The zero-order valence-electron chi connectivity index (χ0n) is 18.3. The molecule has 0 aliphatic heterocycles. The molecule has 2 aromatic carbocycles. The summed E-state index contributed by atoms with van der Waals surface area (Å²) < 4.78 is 22.9. The molecule has 7 nitrogen and oxygen atoms in total. The van der Waals surface area contributed by atoms with E-state index in [1.54, 1.807) is 30.1 Å². The van der Waals surface area contributed by atoms with Gasteiger partial charge in [0.1, 0.15) is 11.6 Å². The van der Waals surface area contributed by atoms with Crippen LogP contribution >= 0.6 is 11.6 Å². The SMILES string of the molecule is COc1cc(Cc2nc3nc(C)cc(-c4ccc(F)c(Cl)c4)n3n2)ccc1-n1cnc(C)c1. The molecular weight excluding hydrogens is 443 g/mol. The van der Waals surface area contributed by atoms with Gasteiger partial charge in [-0.25, -0.2) is 14.4 Å². The number of imidazole rings is 1. The van der Waals surface area contributed by atoms with Crippen molar-refractivity contribution in [3.8, 4) is 22.7 Å². The summed E-state index contributed by atoms with van der Waals surface area (Å²) in [5.41, 5.74) is 5.06. The van der Waals surface area contributed by atoms with Gasteiger partial charge in [0.25, 0.3) is 5.78 Å². The third-order valence-corrected chi connectivity index (χ3v) is 5.59. The summed E-state index contributed by atoms with van der Waals surface area (Å²) in [7, 11) is 1.64. The van der Waals surface area contributed by atoms with Crippen LogP contribution in [0.2, 0.25) is 5.02 Å². The number of methoxy groups -OCH3 is 1. The molecule has 9 heteroatoms. The number of aryl methyl sites for hydroxylation is 2. The second-order valence-electron chi connectivity index (χ2n) is 7.76. The first-order valence-corrected chi connectivity index (χ1v) is 10.7. The van der Waals surface area contributed by atoms with Crippen LogP contribution in [0, 0.1) is 19.7 Å². The monoisotopic (exact) mass is 462 g/mol. The van der Waals surface area contributed by atoms with Gasteiger partial charge in [-0.2, -0.15) is 9.50 Å². The Kier molecular flexibility index (Phi) is 5.30. The molecule has 0 fully saturated rings. The lowest BCUT2D eigenvalue weighted by molar-refractivity contribution is 0.412. The molecule has 0 saturated heterocycles. The van der Waals surface area contributed by atoms with Crippen molar-refractivity contribution < 1.29 is 9.13 Å². The molecule has 0 aliphatic carbocycles. The van der Waals surface area contributed by atoms with Gasteiger partial charge in [0.05, 0.1) is 35.5 Å². The van der Waals surface area contributed by atoms with Crippen LogP contribution in [0.25, 0.3) is 22.7 Å². The molecule has 0 amide bonds. The van der Waals surface area contributed by atoms with E-state index in [1.807, 2.05) is 48.9 Å². The average molecular weight is 463 g/mol. The van der Waals surface area contributed by atoms with Crippen LogP contribution in [-0.4, -0.2) is 36.2 Å². The van der Waals surface area contributed by atoms with Crippen molar-refractivity contribution in [2.45, 2.75) is 20.3 Å². The highest BCUT2D eigenvalue weighted by Gasteiger charge is 2.15. The van der Waals surface area contributed by atoms with E-state index in [2.05, 4.69) is 20.1 Å². The molecule has 0 saturated carbocycles. The predicted molar refractivity (Wildman–Crippen MR) is 124 cm³/mol. The summed E-state index contributed by atoms with van der Waals surface area (Å²) in [6.45, 7) is 3.82. The average Bonchev–Trinajstić information content (AvgIpc) is 3.40. The normalized spacial score (nSPS) is 11.3. The van der Waals surface area contributed by atoms with Crippen LogP contribution in [0.4, 0.5) is 4.39 Å². The molecule has 0 aliphatic rings. The first-order chi connectivity index (χ1) is 15.9. The number of ether oxygens (including phenoxy) is 1. The van der Waals surface area contributed by atoms with E-state index < -0.39 is 5.82 Å². The molecule has 0 radical (unpaired) electrons. The molecular formula is C24H20ClFN6O.